The van der Waals surface area contributed by atoms with Gasteiger partial charge in [0.2, 0.25) is 5.91 Å². The van der Waals surface area contributed by atoms with Gasteiger partial charge in [-0.2, -0.15) is 0 Å². The van der Waals surface area contributed by atoms with Crippen molar-refractivity contribution in [3.8, 4) is 0 Å². The number of carbonyl (C=O) groups excluding carboxylic acids is 2. The monoisotopic (exact) mass is 906 g/mol. The molecule has 0 saturated carbocycles. The highest BCUT2D eigenvalue weighted by Crippen LogP contribution is 2.16. The van der Waals surface area contributed by atoms with E-state index in [-0.39, 0.29) is 24.9 Å². The first-order valence-corrected chi connectivity index (χ1v) is 27.3. The van der Waals surface area contributed by atoms with Gasteiger partial charge in [-0.05, 0) is 83.1 Å². The molecule has 0 saturated heterocycles. The van der Waals surface area contributed by atoms with Crippen LogP contribution in [0.2, 0.25) is 0 Å². The second kappa shape index (κ2) is 52.0. The molecule has 0 bridgehead atoms. The number of hydrogen-bond donors (Lipinski definition) is 3. The number of aliphatic hydroxyl groups excluding tert-OH is 2. The van der Waals surface area contributed by atoms with E-state index in [1.54, 1.807) is 6.08 Å². The van der Waals surface area contributed by atoms with Gasteiger partial charge in [-0.3, -0.25) is 9.59 Å². The Kier molecular flexibility index (Phi) is 49.6. The fraction of sp³-hybridized carbons (Fsp3) is 0.729. The Morgan fingerprint density at radius 2 is 0.862 bits per heavy atom. The minimum absolute atomic E-state index is 0.0507. The van der Waals surface area contributed by atoms with Gasteiger partial charge in [-0.25, -0.2) is 0 Å². The first-order valence-electron chi connectivity index (χ1n) is 27.3. The van der Waals surface area contributed by atoms with Crippen molar-refractivity contribution in [3.63, 3.8) is 0 Å². The summed E-state index contributed by atoms with van der Waals surface area (Å²) in [6.07, 6.45) is 68.2. The van der Waals surface area contributed by atoms with Crippen molar-refractivity contribution in [3.05, 3.63) is 85.1 Å². The van der Waals surface area contributed by atoms with Crippen molar-refractivity contribution in [1.82, 2.24) is 5.32 Å². The largest absolute Gasteiger partial charge is 0.458 e. The maximum atomic E-state index is 13.2. The van der Waals surface area contributed by atoms with Gasteiger partial charge in [-0.15, -0.1) is 0 Å². The molecule has 374 valence electrons. The van der Waals surface area contributed by atoms with Gasteiger partial charge in [0.25, 0.3) is 0 Å². The summed E-state index contributed by atoms with van der Waals surface area (Å²) in [7, 11) is 0. The summed E-state index contributed by atoms with van der Waals surface area (Å²) in [5.41, 5.74) is 0. The number of esters is 1. The highest BCUT2D eigenvalue weighted by molar-refractivity contribution is 5.78. The Bertz CT molecular complexity index is 1250. The second-order valence-corrected chi connectivity index (χ2v) is 18.2. The Morgan fingerprint density at radius 3 is 1.29 bits per heavy atom. The number of carbonyl (C=O) groups is 2. The van der Waals surface area contributed by atoms with E-state index in [1.165, 1.54) is 135 Å². The van der Waals surface area contributed by atoms with Gasteiger partial charge in [-0.1, -0.05) is 241 Å². The van der Waals surface area contributed by atoms with E-state index in [0.29, 0.717) is 19.3 Å². The number of rotatable bonds is 48. The Balaban J connectivity index is 4.71. The summed E-state index contributed by atoms with van der Waals surface area (Å²) >= 11 is 0. The zero-order chi connectivity index (χ0) is 47.4. The van der Waals surface area contributed by atoms with Gasteiger partial charge in [0.15, 0.2) is 0 Å². The molecular weight excluding hydrogens is 803 g/mol. The number of allylic oxidation sites excluding steroid dienone is 13. The van der Waals surface area contributed by atoms with E-state index in [1.807, 2.05) is 6.08 Å². The normalized spacial score (nSPS) is 13.9. The van der Waals surface area contributed by atoms with Crippen molar-refractivity contribution in [2.75, 3.05) is 6.61 Å². The zero-order valence-electron chi connectivity index (χ0n) is 42.6. The molecule has 0 heterocycles. The number of nitrogens with one attached hydrogen (secondary N) is 1. The summed E-state index contributed by atoms with van der Waals surface area (Å²) in [4.78, 5) is 26.1. The van der Waals surface area contributed by atoms with Gasteiger partial charge in [0, 0.05) is 6.42 Å². The molecule has 0 fully saturated rings. The van der Waals surface area contributed by atoms with Crippen LogP contribution >= 0.6 is 0 Å². The van der Waals surface area contributed by atoms with Crippen LogP contribution in [-0.4, -0.2) is 46.9 Å². The van der Waals surface area contributed by atoms with Crippen LogP contribution in [0.1, 0.15) is 252 Å². The lowest BCUT2D eigenvalue weighted by molar-refractivity contribution is -0.148. The highest BCUT2D eigenvalue weighted by Gasteiger charge is 2.23. The molecule has 6 heteroatoms. The molecule has 1 amide bonds. The molecule has 0 aromatic carbocycles. The maximum absolute atomic E-state index is 13.2. The van der Waals surface area contributed by atoms with Crippen LogP contribution in [0.15, 0.2) is 85.1 Å². The molecule has 6 nitrogen and oxygen atoms in total. The van der Waals surface area contributed by atoms with Crippen LogP contribution in [0.5, 0.6) is 0 Å². The first kappa shape index (κ1) is 62.0. The topological polar surface area (TPSA) is 95.9 Å². The number of unbranched alkanes of at least 4 members (excludes halogenated alkanes) is 24. The van der Waals surface area contributed by atoms with E-state index < -0.39 is 18.2 Å². The van der Waals surface area contributed by atoms with Crippen molar-refractivity contribution in [2.45, 2.75) is 270 Å². The fourth-order valence-electron chi connectivity index (χ4n) is 7.83. The number of amides is 1. The third-order valence-electron chi connectivity index (χ3n) is 12.0. The van der Waals surface area contributed by atoms with Crippen LogP contribution in [0.25, 0.3) is 0 Å². The van der Waals surface area contributed by atoms with E-state index in [9.17, 15) is 19.8 Å². The Labute approximate surface area is 402 Å². The SMILES string of the molecule is CC/C=C\C/C=C\C/C=C\C/C=C\C/C=C\C/C=C\C(CC(=O)NC(CO)C(O)CCCCCCCCCCCC)OC(=O)CCCCCCCCCCC/C=C/CCCCCCCC. The van der Waals surface area contributed by atoms with Crippen LogP contribution in [0.3, 0.4) is 0 Å². The van der Waals surface area contributed by atoms with Gasteiger partial charge in [0.1, 0.15) is 6.10 Å². The van der Waals surface area contributed by atoms with Crippen LogP contribution < -0.4 is 5.32 Å². The lowest BCUT2D eigenvalue weighted by Gasteiger charge is -2.23. The molecule has 3 atom stereocenters. The molecule has 0 aromatic heterocycles. The summed E-state index contributed by atoms with van der Waals surface area (Å²) in [6.45, 7) is 6.32. The Morgan fingerprint density at radius 1 is 0.477 bits per heavy atom. The third-order valence-corrected chi connectivity index (χ3v) is 12.0. The number of aliphatic hydroxyl groups is 2. The smallest absolute Gasteiger partial charge is 0.306 e. The van der Waals surface area contributed by atoms with Gasteiger partial charge in [0.05, 0.1) is 25.2 Å². The molecule has 0 aliphatic rings. The Hall–Kier alpha value is -2.96. The van der Waals surface area contributed by atoms with Crippen LogP contribution in [0.4, 0.5) is 0 Å². The number of ether oxygens (including phenoxy) is 1. The summed E-state index contributed by atoms with van der Waals surface area (Å²) < 4.78 is 5.84. The van der Waals surface area contributed by atoms with Gasteiger partial charge >= 0.3 is 5.97 Å². The van der Waals surface area contributed by atoms with Crippen molar-refractivity contribution >= 4 is 11.9 Å². The molecular formula is C59H103NO5. The predicted molar refractivity (Wildman–Crippen MR) is 282 cm³/mol. The molecule has 0 spiro atoms. The maximum Gasteiger partial charge on any atom is 0.306 e. The molecule has 0 aliphatic heterocycles. The predicted octanol–water partition coefficient (Wildman–Crippen LogP) is 16.7. The van der Waals surface area contributed by atoms with E-state index >= 15 is 0 Å². The average molecular weight is 906 g/mol. The van der Waals surface area contributed by atoms with Crippen molar-refractivity contribution in [2.24, 2.45) is 0 Å². The molecule has 0 aromatic rings. The molecule has 0 rings (SSSR count). The summed E-state index contributed by atoms with van der Waals surface area (Å²) in [5.74, 6) is -0.633. The van der Waals surface area contributed by atoms with Crippen LogP contribution in [0, 0.1) is 0 Å². The quantitative estimate of drug-likeness (QED) is 0.0321. The molecule has 3 unspecified atom stereocenters. The van der Waals surface area contributed by atoms with Crippen molar-refractivity contribution in [1.29, 1.82) is 0 Å². The van der Waals surface area contributed by atoms with Gasteiger partial charge < -0.3 is 20.3 Å². The molecule has 0 radical (unpaired) electrons. The summed E-state index contributed by atoms with van der Waals surface area (Å²) in [6, 6.07) is -0.746. The van der Waals surface area contributed by atoms with E-state index in [4.69, 9.17) is 4.74 Å². The number of hydrogen-bond acceptors (Lipinski definition) is 5. The molecule has 0 aliphatic carbocycles. The molecule has 3 N–H and O–H groups in total. The standard InChI is InChI=1S/C59H103NO5/c1-4-7-10-13-16-19-22-24-26-28-29-31-33-35-37-40-43-46-49-52-59(64)65-55(50-47-44-41-38-36-34-32-30-27-25-23-20-17-14-11-8-5-2)53-58(63)60-56(54-61)57(62)51-48-45-42-39-21-18-15-12-9-6-3/h8,11,17,20,24-27,32,34,38,41,47,50,55-57,61-62H,4-7,9-10,12-16,18-19,21-23,28-31,33,35-37,39-40,42-46,48-49,51-54H2,1-3H3,(H,60,63)/b11-8-,20-17-,26-24+,27-25-,34-32-,41-38-,50-47-. The third kappa shape index (κ3) is 47.3. The van der Waals surface area contributed by atoms with Crippen LogP contribution in [-0.2, 0) is 14.3 Å². The second-order valence-electron chi connectivity index (χ2n) is 18.2. The zero-order valence-corrected chi connectivity index (χ0v) is 42.6. The minimum Gasteiger partial charge on any atom is -0.458 e. The van der Waals surface area contributed by atoms with E-state index in [2.05, 4.69) is 99.0 Å². The highest BCUT2D eigenvalue weighted by atomic mass is 16.5. The fourth-order valence-corrected chi connectivity index (χ4v) is 7.83. The first-order chi connectivity index (χ1) is 32.0. The average Bonchev–Trinajstić information content (AvgIpc) is 3.30. The lowest BCUT2D eigenvalue weighted by atomic mass is 10.0. The summed E-state index contributed by atoms with van der Waals surface area (Å²) in [5, 5.41) is 23.7. The lowest BCUT2D eigenvalue weighted by Crippen LogP contribution is -2.46. The van der Waals surface area contributed by atoms with Crippen molar-refractivity contribution < 1.29 is 24.5 Å². The molecule has 65 heavy (non-hydrogen) atoms. The van der Waals surface area contributed by atoms with E-state index in [0.717, 1.165) is 70.6 Å². The minimum atomic E-state index is -0.823.